The quantitative estimate of drug-likeness (QED) is 0.689. The first-order valence-electron chi connectivity index (χ1n) is 9.77. The zero-order valence-corrected chi connectivity index (χ0v) is 16.9. The average molecular weight is 425 g/mol. The van der Waals surface area contributed by atoms with E-state index in [1.807, 2.05) is 41.3 Å². The number of ether oxygens (including phenoxy) is 1. The Labute approximate surface area is 178 Å². The number of carbonyl (C=O) groups excluding carboxylic acids is 1. The molecule has 2 amide bonds. The molecule has 9 heteroatoms. The van der Waals surface area contributed by atoms with E-state index in [9.17, 15) is 13.6 Å². The van der Waals surface area contributed by atoms with Gasteiger partial charge in [-0.2, -0.15) is 0 Å². The van der Waals surface area contributed by atoms with E-state index in [-0.39, 0.29) is 5.69 Å². The van der Waals surface area contributed by atoms with Crippen LogP contribution in [0.25, 0.3) is 11.3 Å². The van der Waals surface area contributed by atoms with Crippen LogP contribution < -0.4 is 15.0 Å². The minimum Gasteiger partial charge on any atom is -0.497 e. The molecule has 1 aromatic heterocycles. The summed E-state index contributed by atoms with van der Waals surface area (Å²) in [5.74, 6) is 0.163. The highest BCUT2D eigenvalue weighted by atomic mass is 19.1. The largest absolute Gasteiger partial charge is 0.497 e. The molecule has 1 aliphatic rings. The highest BCUT2D eigenvalue weighted by Gasteiger charge is 2.23. The molecule has 3 aromatic rings. The summed E-state index contributed by atoms with van der Waals surface area (Å²) in [4.78, 5) is 16.0. The van der Waals surface area contributed by atoms with Crippen molar-refractivity contribution < 1.29 is 18.3 Å². The molecule has 4 rings (SSSR count). The summed E-state index contributed by atoms with van der Waals surface area (Å²) in [6.45, 7) is 1.93. The number of nitrogens with one attached hydrogen (secondary N) is 1. The minimum atomic E-state index is -0.681. The number of aromatic nitrogens is 2. The van der Waals surface area contributed by atoms with E-state index in [1.165, 1.54) is 0 Å². The fraction of sp³-hybridized carbons (Fsp3) is 0.227. The molecule has 1 saturated heterocycles. The summed E-state index contributed by atoms with van der Waals surface area (Å²) in [6.07, 6.45) is 0. The summed E-state index contributed by atoms with van der Waals surface area (Å²) in [5.41, 5.74) is 1.47. The second-order valence-corrected chi connectivity index (χ2v) is 7.04. The monoisotopic (exact) mass is 425 g/mol. The van der Waals surface area contributed by atoms with Crippen LogP contribution in [0.5, 0.6) is 5.75 Å². The zero-order valence-electron chi connectivity index (χ0n) is 16.9. The fourth-order valence-electron chi connectivity index (χ4n) is 3.36. The predicted molar refractivity (Wildman–Crippen MR) is 113 cm³/mol. The number of piperazine rings is 1. The van der Waals surface area contributed by atoms with E-state index in [1.54, 1.807) is 12.0 Å². The van der Waals surface area contributed by atoms with Crippen LogP contribution in [0.1, 0.15) is 0 Å². The molecule has 31 heavy (non-hydrogen) atoms. The molecule has 0 spiro atoms. The molecule has 2 heterocycles. The van der Waals surface area contributed by atoms with Crippen molar-refractivity contribution in [3.8, 4) is 17.0 Å². The first-order valence-corrected chi connectivity index (χ1v) is 9.77. The Morgan fingerprint density at radius 3 is 2.52 bits per heavy atom. The van der Waals surface area contributed by atoms with Gasteiger partial charge in [0.2, 0.25) is 0 Å². The minimum absolute atomic E-state index is 0.175. The van der Waals surface area contributed by atoms with E-state index in [4.69, 9.17) is 4.74 Å². The summed E-state index contributed by atoms with van der Waals surface area (Å²) in [6, 6.07) is 13.8. The number of urea groups is 1. The number of rotatable bonds is 4. The second-order valence-electron chi connectivity index (χ2n) is 7.04. The number of methoxy groups -OCH3 is 1. The topological polar surface area (TPSA) is 70.6 Å². The molecule has 0 atom stereocenters. The summed E-state index contributed by atoms with van der Waals surface area (Å²) >= 11 is 0. The van der Waals surface area contributed by atoms with E-state index >= 15 is 0 Å². The van der Waals surface area contributed by atoms with Gasteiger partial charge in [-0.1, -0.05) is 12.1 Å². The van der Waals surface area contributed by atoms with Crippen LogP contribution in [0, 0.1) is 11.6 Å². The Bertz CT molecular complexity index is 1070. The molecule has 0 saturated carbocycles. The molecule has 0 bridgehead atoms. The van der Waals surface area contributed by atoms with Crippen LogP contribution in [0.3, 0.4) is 0 Å². The molecular formula is C22H21F2N5O2. The Hall–Kier alpha value is -3.75. The van der Waals surface area contributed by atoms with Crippen LogP contribution in [-0.4, -0.2) is 54.4 Å². The van der Waals surface area contributed by atoms with Gasteiger partial charge in [-0.25, -0.2) is 13.6 Å². The molecule has 0 unspecified atom stereocenters. The lowest BCUT2D eigenvalue weighted by atomic mass is 10.1. The number of halogens is 2. The van der Waals surface area contributed by atoms with Crippen molar-refractivity contribution in [2.24, 2.45) is 0 Å². The van der Waals surface area contributed by atoms with Crippen LogP contribution in [0.15, 0.2) is 54.6 Å². The average Bonchev–Trinajstić information content (AvgIpc) is 2.81. The highest BCUT2D eigenvalue weighted by Crippen LogP contribution is 2.23. The number of amides is 2. The first-order chi connectivity index (χ1) is 15.0. The van der Waals surface area contributed by atoms with Gasteiger partial charge < -0.3 is 19.9 Å². The fourth-order valence-corrected chi connectivity index (χ4v) is 3.36. The van der Waals surface area contributed by atoms with Crippen LogP contribution in [0.2, 0.25) is 0 Å². The SMILES string of the molecule is COc1cccc(-c2ccc(N3CCN(C(=O)Nc4cc(F)ccc4F)CC3)nn2)c1. The molecule has 160 valence electrons. The van der Waals surface area contributed by atoms with Gasteiger partial charge in [0.1, 0.15) is 17.4 Å². The molecule has 1 N–H and O–H groups in total. The molecule has 7 nitrogen and oxygen atoms in total. The Morgan fingerprint density at radius 1 is 1.00 bits per heavy atom. The smallest absolute Gasteiger partial charge is 0.322 e. The van der Waals surface area contributed by atoms with Crippen molar-refractivity contribution in [2.75, 3.05) is 43.5 Å². The van der Waals surface area contributed by atoms with Gasteiger partial charge >= 0.3 is 6.03 Å². The van der Waals surface area contributed by atoms with Crippen molar-refractivity contribution >= 4 is 17.5 Å². The van der Waals surface area contributed by atoms with Gasteiger partial charge in [-0.3, -0.25) is 0 Å². The van der Waals surface area contributed by atoms with Gasteiger partial charge in [-0.15, -0.1) is 10.2 Å². The normalized spacial score (nSPS) is 13.8. The van der Waals surface area contributed by atoms with E-state index in [0.29, 0.717) is 32.0 Å². The van der Waals surface area contributed by atoms with Crippen molar-refractivity contribution in [3.05, 3.63) is 66.2 Å². The number of benzene rings is 2. The molecule has 0 radical (unpaired) electrons. The number of anilines is 2. The third-order valence-electron chi connectivity index (χ3n) is 5.08. The molecular weight excluding hydrogens is 404 g/mol. The number of nitrogens with zero attached hydrogens (tertiary/aromatic N) is 4. The van der Waals surface area contributed by atoms with E-state index in [2.05, 4.69) is 15.5 Å². The Morgan fingerprint density at radius 2 is 1.81 bits per heavy atom. The van der Waals surface area contributed by atoms with Crippen LogP contribution >= 0.6 is 0 Å². The third-order valence-corrected chi connectivity index (χ3v) is 5.08. The lowest BCUT2D eigenvalue weighted by Gasteiger charge is -2.35. The second kappa shape index (κ2) is 8.95. The number of carbonyl (C=O) groups is 1. The van der Waals surface area contributed by atoms with Gasteiger partial charge in [0.05, 0.1) is 18.5 Å². The lowest BCUT2D eigenvalue weighted by molar-refractivity contribution is 0.208. The number of hydrogen-bond acceptors (Lipinski definition) is 5. The van der Waals surface area contributed by atoms with Crippen molar-refractivity contribution in [1.29, 1.82) is 0 Å². The highest BCUT2D eigenvalue weighted by molar-refractivity contribution is 5.89. The third kappa shape index (κ3) is 4.71. The van der Waals surface area contributed by atoms with Gasteiger partial charge in [0.25, 0.3) is 0 Å². The molecule has 1 aliphatic heterocycles. The van der Waals surface area contributed by atoms with Crippen molar-refractivity contribution in [1.82, 2.24) is 15.1 Å². The molecule has 0 aliphatic carbocycles. The summed E-state index contributed by atoms with van der Waals surface area (Å²) < 4.78 is 32.3. The summed E-state index contributed by atoms with van der Waals surface area (Å²) in [7, 11) is 1.61. The Kier molecular flexibility index (Phi) is 5.92. The maximum Gasteiger partial charge on any atom is 0.322 e. The Balaban J connectivity index is 1.36. The predicted octanol–water partition coefficient (Wildman–Crippen LogP) is 3.78. The van der Waals surface area contributed by atoms with Gasteiger partial charge in [-0.05, 0) is 36.4 Å². The van der Waals surface area contributed by atoms with Crippen molar-refractivity contribution in [2.45, 2.75) is 0 Å². The molecule has 1 fully saturated rings. The van der Waals surface area contributed by atoms with E-state index < -0.39 is 17.7 Å². The molecule has 2 aromatic carbocycles. The van der Waals surface area contributed by atoms with Crippen LogP contribution in [0.4, 0.5) is 25.1 Å². The number of hydrogen-bond donors (Lipinski definition) is 1. The first kappa shape index (κ1) is 20.5. The summed E-state index contributed by atoms with van der Waals surface area (Å²) in [5, 5.41) is 11.1. The maximum atomic E-state index is 13.7. The zero-order chi connectivity index (χ0) is 21.8. The van der Waals surface area contributed by atoms with Crippen molar-refractivity contribution in [3.63, 3.8) is 0 Å². The van der Waals surface area contributed by atoms with E-state index in [0.717, 1.165) is 35.2 Å². The van der Waals surface area contributed by atoms with Crippen LogP contribution in [-0.2, 0) is 0 Å². The van der Waals surface area contributed by atoms with Gasteiger partial charge in [0, 0.05) is 37.8 Å². The lowest BCUT2D eigenvalue weighted by Crippen LogP contribution is -2.50. The standard InChI is InChI=1S/C22H21F2N5O2/c1-31-17-4-2-3-15(13-17)19-7-8-21(27-26-19)28-9-11-29(12-10-28)22(30)25-20-14-16(23)5-6-18(20)24/h2-8,13-14H,9-12H2,1H3,(H,25,30). The maximum absolute atomic E-state index is 13.7. The van der Waals surface area contributed by atoms with Gasteiger partial charge in [0.15, 0.2) is 5.82 Å².